The van der Waals surface area contributed by atoms with Crippen molar-refractivity contribution >= 4 is 10.0 Å². The standard InChI is InChI=1S/C17H22N2O3S/c1-11-8-13(3)17(9-12(11)2)23(20,21)19-7-5-6-16(19)15-10-14(4)22-18-15/h8-10,16H,5-7H2,1-4H3/t16-/m1/s1. The van der Waals surface area contributed by atoms with E-state index in [0.29, 0.717) is 22.9 Å². The minimum absolute atomic E-state index is 0.238. The topological polar surface area (TPSA) is 63.4 Å². The average Bonchev–Trinajstić information content (AvgIpc) is 3.11. The summed E-state index contributed by atoms with van der Waals surface area (Å²) in [4.78, 5) is 0.396. The third kappa shape index (κ3) is 2.81. The Balaban J connectivity index is 2.03. The normalized spacial score (nSPS) is 19.4. The summed E-state index contributed by atoms with van der Waals surface area (Å²) in [7, 11) is -3.55. The molecule has 0 amide bonds. The molecule has 0 spiro atoms. The number of hydrogen-bond donors (Lipinski definition) is 0. The van der Waals surface area contributed by atoms with Gasteiger partial charge < -0.3 is 4.52 Å². The summed E-state index contributed by atoms with van der Waals surface area (Å²) in [6.45, 7) is 8.12. The molecule has 1 aromatic carbocycles. The fourth-order valence-corrected chi connectivity index (χ4v) is 5.17. The fourth-order valence-electron chi connectivity index (χ4n) is 3.20. The maximum atomic E-state index is 13.2. The molecule has 0 saturated carbocycles. The Hall–Kier alpha value is -1.66. The molecule has 3 rings (SSSR count). The number of aromatic nitrogens is 1. The van der Waals surface area contributed by atoms with Gasteiger partial charge in [-0.05, 0) is 63.3 Å². The van der Waals surface area contributed by atoms with Crippen molar-refractivity contribution in [2.45, 2.75) is 51.5 Å². The molecule has 2 heterocycles. The maximum Gasteiger partial charge on any atom is 0.243 e. The van der Waals surface area contributed by atoms with E-state index in [-0.39, 0.29) is 6.04 Å². The van der Waals surface area contributed by atoms with Crippen LogP contribution in [0.5, 0.6) is 0 Å². The Morgan fingerprint density at radius 1 is 1.09 bits per heavy atom. The lowest BCUT2D eigenvalue weighted by Crippen LogP contribution is -2.31. The summed E-state index contributed by atoms with van der Waals surface area (Å²) in [6.07, 6.45) is 1.61. The smallest absolute Gasteiger partial charge is 0.243 e. The molecule has 23 heavy (non-hydrogen) atoms. The van der Waals surface area contributed by atoms with Crippen LogP contribution in [0, 0.1) is 27.7 Å². The number of sulfonamides is 1. The molecule has 6 heteroatoms. The highest BCUT2D eigenvalue weighted by Gasteiger charge is 2.38. The first kappa shape index (κ1) is 16.2. The molecular formula is C17H22N2O3S. The molecule has 0 bridgehead atoms. The van der Waals surface area contributed by atoms with Crippen molar-refractivity contribution in [3.05, 3.63) is 46.3 Å². The van der Waals surface area contributed by atoms with Crippen LogP contribution >= 0.6 is 0 Å². The number of nitrogens with zero attached hydrogens (tertiary/aromatic N) is 2. The quantitative estimate of drug-likeness (QED) is 0.862. The van der Waals surface area contributed by atoms with Crippen LogP contribution in [0.15, 0.2) is 27.6 Å². The van der Waals surface area contributed by atoms with Crippen LogP contribution in [0.2, 0.25) is 0 Å². The van der Waals surface area contributed by atoms with Gasteiger partial charge in [-0.15, -0.1) is 0 Å². The first-order chi connectivity index (χ1) is 10.8. The Morgan fingerprint density at radius 2 is 1.78 bits per heavy atom. The van der Waals surface area contributed by atoms with Crippen LogP contribution in [-0.4, -0.2) is 24.4 Å². The van der Waals surface area contributed by atoms with Crippen LogP contribution < -0.4 is 0 Å². The van der Waals surface area contributed by atoms with Crippen molar-refractivity contribution in [1.29, 1.82) is 0 Å². The monoisotopic (exact) mass is 334 g/mol. The lowest BCUT2D eigenvalue weighted by Gasteiger charge is -2.24. The summed E-state index contributed by atoms with van der Waals surface area (Å²) in [5.41, 5.74) is 3.58. The van der Waals surface area contributed by atoms with Crippen LogP contribution in [-0.2, 0) is 10.0 Å². The largest absolute Gasteiger partial charge is 0.361 e. The minimum atomic E-state index is -3.55. The number of benzene rings is 1. The van der Waals surface area contributed by atoms with Gasteiger partial charge in [-0.2, -0.15) is 4.31 Å². The van der Waals surface area contributed by atoms with E-state index in [1.807, 2.05) is 39.8 Å². The van der Waals surface area contributed by atoms with Gasteiger partial charge in [0.25, 0.3) is 0 Å². The second-order valence-corrected chi connectivity index (χ2v) is 8.20. The fraction of sp³-hybridized carbons (Fsp3) is 0.471. The molecule has 124 valence electrons. The molecule has 0 N–H and O–H groups in total. The van der Waals surface area contributed by atoms with Crippen LogP contribution in [0.25, 0.3) is 0 Å². The zero-order valence-corrected chi connectivity index (χ0v) is 14.8. The van der Waals surface area contributed by atoms with Gasteiger partial charge >= 0.3 is 0 Å². The third-order valence-electron chi connectivity index (χ3n) is 4.57. The van der Waals surface area contributed by atoms with E-state index in [1.165, 1.54) is 0 Å². The Kier molecular flexibility index (Phi) is 4.06. The van der Waals surface area contributed by atoms with Crippen molar-refractivity contribution in [3.63, 3.8) is 0 Å². The minimum Gasteiger partial charge on any atom is -0.361 e. The lowest BCUT2D eigenvalue weighted by molar-refractivity contribution is 0.349. The highest BCUT2D eigenvalue weighted by molar-refractivity contribution is 7.89. The molecule has 0 aliphatic carbocycles. The number of hydrogen-bond acceptors (Lipinski definition) is 4. The van der Waals surface area contributed by atoms with Crippen molar-refractivity contribution in [1.82, 2.24) is 9.46 Å². The van der Waals surface area contributed by atoms with Gasteiger partial charge in [0.1, 0.15) is 11.5 Å². The first-order valence-electron chi connectivity index (χ1n) is 7.83. The van der Waals surface area contributed by atoms with Gasteiger partial charge in [-0.1, -0.05) is 11.2 Å². The SMILES string of the molecule is Cc1cc([C@H]2CCCN2S(=O)(=O)c2cc(C)c(C)cc2C)no1. The van der Waals surface area contributed by atoms with Gasteiger partial charge in [0.15, 0.2) is 0 Å². The summed E-state index contributed by atoms with van der Waals surface area (Å²) < 4.78 is 33.1. The van der Waals surface area contributed by atoms with Crippen molar-refractivity contribution in [2.75, 3.05) is 6.54 Å². The van der Waals surface area contributed by atoms with E-state index in [0.717, 1.165) is 29.5 Å². The van der Waals surface area contributed by atoms with Gasteiger partial charge in [0, 0.05) is 12.6 Å². The van der Waals surface area contributed by atoms with Crippen molar-refractivity contribution in [3.8, 4) is 0 Å². The second-order valence-electron chi connectivity index (χ2n) is 6.34. The van der Waals surface area contributed by atoms with E-state index >= 15 is 0 Å². The van der Waals surface area contributed by atoms with E-state index in [4.69, 9.17) is 4.52 Å². The molecule has 2 aromatic rings. The molecule has 1 atom stereocenters. The van der Waals surface area contributed by atoms with E-state index in [2.05, 4.69) is 5.16 Å². The molecule has 5 nitrogen and oxygen atoms in total. The summed E-state index contributed by atoms with van der Waals surface area (Å²) in [5.74, 6) is 0.701. The third-order valence-corrected chi connectivity index (χ3v) is 6.62. The van der Waals surface area contributed by atoms with E-state index in [1.54, 1.807) is 10.4 Å². The highest BCUT2D eigenvalue weighted by atomic mass is 32.2. The Morgan fingerprint density at radius 3 is 2.43 bits per heavy atom. The van der Waals surface area contributed by atoms with E-state index < -0.39 is 10.0 Å². The highest BCUT2D eigenvalue weighted by Crippen LogP contribution is 2.37. The zero-order valence-electron chi connectivity index (χ0n) is 14.0. The summed E-state index contributed by atoms with van der Waals surface area (Å²) in [6, 6.07) is 5.31. The van der Waals surface area contributed by atoms with Gasteiger partial charge in [0.05, 0.1) is 10.9 Å². The zero-order chi connectivity index (χ0) is 16.8. The summed E-state index contributed by atoms with van der Waals surface area (Å²) >= 11 is 0. The molecule has 1 aromatic heterocycles. The molecule has 1 saturated heterocycles. The molecule has 0 unspecified atom stereocenters. The van der Waals surface area contributed by atoms with Gasteiger partial charge in [-0.25, -0.2) is 8.42 Å². The predicted octanol–water partition coefficient (Wildman–Crippen LogP) is 3.43. The Labute approximate surface area is 137 Å². The lowest BCUT2D eigenvalue weighted by atomic mass is 10.1. The molecule has 0 radical (unpaired) electrons. The van der Waals surface area contributed by atoms with Crippen LogP contribution in [0.1, 0.15) is 47.0 Å². The van der Waals surface area contributed by atoms with Gasteiger partial charge in [0.2, 0.25) is 10.0 Å². The molecule has 1 aliphatic rings. The molecular weight excluding hydrogens is 312 g/mol. The number of aryl methyl sites for hydroxylation is 4. The van der Waals surface area contributed by atoms with Crippen LogP contribution in [0.4, 0.5) is 0 Å². The van der Waals surface area contributed by atoms with Crippen molar-refractivity contribution in [2.24, 2.45) is 0 Å². The molecule has 1 fully saturated rings. The second kappa shape index (κ2) is 5.76. The predicted molar refractivity (Wildman–Crippen MR) is 87.8 cm³/mol. The number of rotatable bonds is 3. The van der Waals surface area contributed by atoms with Crippen LogP contribution in [0.3, 0.4) is 0 Å². The molecule has 1 aliphatic heterocycles. The average molecular weight is 334 g/mol. The van der Waals surface area contributed by atoms with E-state index in [9.17, 15) is 8.42 Å². The van der Waals surface area contributed by atoms with Crippen molar-refractivity contribution < 1.29 is 12.9 Å². The first-order valence-corrected chi connectivity index (χ1v) is 9.27. The maximum absolute atomic E-state index is 13.2. The summed E-state index contributed by atoms with van der Waals surface area (Å²) in [5, 5.41) is 4.03. The Bertz CT molecular complexity index is 840. The van der Waals surface area contributed by atoms with Gasteiger partial charge in [-0.3, -0.25) is 0 Å².